The van der Waals surface area contributed by atoms with Gasteiger partial charge in [-0.1, -0.05) is 24.4 Å². The Kier molecular flexibility index (Phi) is 3.28. The molecule has 0 saturated carbocycles. The first kappa shape index (κ1) is 12.9. The van der Waals surface area contributed by atoms with E-state index in [0.717, 1.165) is 35.4 Å². The van der Waals surface area contributed by atoms with E-state index in [1.54, 1.807) is 0 Å². The number of imidazole rings is 1. The van der Waals surface area contributed by atoms with E-state index in [1.165, 1.54) is 0 Å². The molecule has 0 radical (unpaired) electrons. The summed E-state index contributed by atoms with van der Waals surface area (Å²) in [7, 11) is 0. The third kappa shape index (κ3) is 2.20. The number of thiocarbonyl (C=S) groups is 1. The monoisotopic (exact) mass is 284 g/mol. The Bertz CT molecular complexity index is 769. The Labute approximate surface area is 122 Å². The smallest absolute Gasteiger partial charge is 0.105 e. The molecule has 0 unspecified atom stereocenters. The summed E-state index contributed by atoms with van der Waals surface area (Å²) >= 11 is 5.10. The maximum absolute atomic E-state index is 5.77. The predicted molar refractivity (Wildman–Crippen MR) is 84.8 cm³/mol. The van der Waals surface area contributed by atoms with Crippen molar-refractivity contribution in [2.45, 2.75) is 20.0 Å². The van der Waals surface area contributed by atoms with Gasteiger partial charge < -0.3 is 14.9 Å². The van der Waals surface area contributed by atoms with E-state index < -0.39 is 0 Å². The number of aryl methyl sites for hydroxylation is 3. The van der Waals surface area contributed by atoms with Crippen molar-refractivity contribution in [3.8, 4) is 0 Å². The molecule has 0 aliphatic heterocycles. The van der Waals surface area contributed by atoms with Gasteiger partial charge in [-0.15, -0.1) is 0 Å². The molecule has 2 aromatic heterocycles. The van der Waals surface area contributed by atoms with Crippen molar-refractivity contribution in [1.82, 2.24) is 14.1 Å². The summed E-state index contributed by atoms with van der Waals surface area (Å²) in [6.07, 6.45) is 5.91. The summed E-state index contributed by atoms with van der Waals surface area (Å²) in [5.41, 5.74) is 7.87. The number of rotatable bonds is 4. The average molecular weight is 284 g/mol. The van der Waals surface area contributed by atoms with E-state index in [4.69, 9.17) is 18.0 Å². The van der Waals surface area contributed by atoms with Crippen LogP contribution in [0.4, 0.5) is 0 Å². The lowest BCUT2D eigenvalue weighted by atomic mass is 10.1. The molecule has 102 valence electrons. The summed E-state index contributed by atoms with van der Waals surface area (Å²) in [6.45, 7) is 3.80. The molecular formula is C15H16N4S. The zero-order chi connectivity index (χ0) is 14.1. The van der Waals surface area contributed by atoms with Crippen molar-refractivity contribution in [2.24, 2.45) is 5.73 Å². The minimum absolute atomic E-state index is 0.443. The van der Waals surface area contributed by atoms with E-state index in [-0.39, 0.29) is 0 Å². The SMILES string of the molecule is Cc1nccn1CCn1ccc2c(C(N)=S)cccc21. The van der Waals surface area contributed by atoms with E-state index in [1.807, 2.05) is 31.5 Å². The van der Waals surface area contributed by atoms with E-state index in [9.17, 15) is 0 Å². The summed E-state index contributed by atoms with van der Waals surface area (Å²) in [5, 5.41) is 1.11. The molecule has 20 heavy (non-hydrogen) atoms. The van der Waals surface area contributed by atoms with Crippen LogP contribution in [-0.4, -0.2) is 19.1 Å². The molecule has 0 fully saturated rings. The largest absolute Gasteiger partial charge is 0.389 e. The number of nitrogens with two attached hydrogens (primary N) is 1. The molecule has 3 rings (SSSR count). The fraction of sp³-hybridized carbons (Fsp3) is 0.200. The Morgan fingerprint density at radius 1 is 1.20 bits per heavy atom. The second-order valence-corrected chi connectivity index (χ2v) is 5.22. The van der Waals surface area contributed by atoms with Crippen LogP contribution in [0.25, 0.3) is 10.9 Å². The number of hydrogen-bond donors (Lipinski definition) is 1. The third-order valence-electron chi connectivity index (χ3n) is 3.58. The highest BCUT2D eigenvalue weighted by Gasteiger charge is 2.07. The van der Waals surface area contributed by atoms with Crippen molar-refractivity contribution in [1.29, 1.82) is 0 Å². The molecule has 4 nitrogen and oxygen atoms in total. The van der Waals surface area contributed by atoms with Crippen molar-refractivity contribution in [2.75, 3.05) is 0 Å². The number of fused-ring (bicyclic) bond motifs is 1. The summed E-state index contributed by atoms with van der Waals surface area (Å²) < 4.78 is 4.36. The second kappa shape index (κ2) is 5.09. The van der Waals surface area contributed by atoms with E-state index in [0.29, 0.717) is 4.99 Å². The highest BCUT2D eigenvalue weighted by molar-refractivity contribution is 7.80. The van der Waals surface area contributed by atoms with Crippen LogP contribution in [0, 0.1) is 6.92 Å². The number of benzene rings is 1. The maximum atomic E-state index is 5.77. The van der Waals surface area contributed by atoms with Gasteiger partial charge in [-0.3, -0.25) is 0 Å². The van der Waals surface area contributed by atoms with Gasteiger partial charge in [0.25, 0.3) is 0 Å². The van der Waals surface area contributed by atoms with Crippen molar-refractivity contribution < 1.29 is 0 Å². The quantitative estimate of drug-likeness (QED) is 0.749. The molecule has 0 spiro atoms. The van der Waals surface area contributed by atoms with Crippen LogP contribution in [-0.2, 0) is 13.1 Å². The Morgan fingerprint density at radius 3 is 2.70 bits per heavy atom. The van der Waals surface area contributed by atoms with Gasteiger partial charge in [-0.2, -0.15) is 0 Å². The topological polar surface area (TPSA) is 48.8 Å². The van der Waals surface area contributed by atoms with Crippen LogP contribution in [0.3, 0.4) is 0 Å². The number of aromatic nitrogens is 3. The lowest BCUT2D eigenvalue weighted by Gasteiger charge is -2.08. The summed E-state index contributed by atoms with van der Waals surface area (Å²) in [6, 6.07) is 8.13. The second-order valence-electron chi connectivity index (χ2n) is 4.78. The first-order valence-corrected chi connectivity index (χ1v) is 6.93. The Balaban J connectivity index is 1.91. The van der Waals surface area contributed by atoms with Crippen LogP contribution >= 0.6 is 12.2 Å². The van der Waals surface area contributed by atoms with Gasteiger partial charge in [-0.05, 0) is 19.1 Å². The highest BCUT2D eigenvalue weighted by atomic mass is 32.1. The van der Waals surface area contributed by atoms with Crippen LogP contribution in [0.5, 0.6) is 0 Å². The van der Waals surface area contributed by atoms with Crippen molar-refractivity contribution in [3.63, 3.8) is 0 Å². The predicted octanol–water partition coefficient (Wildman–Crippen LogP) is 2.48. The van der Waals surface area contributed by atoms with Gasteiger partial charge in [0.05, 0.1) is 0 Å². The van der Waals surface area contributed by atoms with Crippen LogP contribution < -0.4 is 5.73 Å². The summed E-state index contributed by atoms with van der Waals surface area (Å²) in [5.74, 6) is 1.03. The van der Waals surface area contributed by atoms with Crippen molar-refractivity contribution >= 4 is 28.1 Å². The number of nitrogens with zero attached hydrogens (tertiary/aromatic N) is 3. The lowest BCUT2D eigenvalue weighted by molar-refractivity contribution is 0.580. The van der Waals surface area contributed by atoms with E-state index in [2.05, 4.69) is 32.4 Å². The molecule has 5 heteroatoms. The van der Waals surface area contributed by atoms with Gasteiger partial charge in [0.1, 0.15) is 10.8 Å². The standard InChI is InChI=1S/C15H16N4S/c1-11-17-6-8-18(11)9-10-19-7-5-12-13(15(16)20)3-2-4-14(12)19/h2-8H,9-10H2,1H3,(H2,16,20). The highest BCUT2D eigenvalue weighted by Crippen LogP contribution is 2.20. The first-order valence-electron chi connectivity index (χ1n) is 6.52. The van der Waals surface area contributed by atoms with Crippen molar-refractivity contribution in [3.05, 3.63) is 54.2 Å². The zero-order valence-corrected chi connectivity index (χ0v) is 12.1. The zero-order valence-electron chi connectivity index (χ0n) is 11.3. The maximum Gasteiger partial charge on any atom is 0.105 e. The minimum atomic E-state index is 0.443. The van der Waals surface area contributed by atoms with Crippen LogP contribution in [0.15, 0.2) is 42.9 Å². The average Bonchev–Trinajstić information content (AvgIpc) is 3.02. The molecule has 0 amide bonds. The third-order valence-corrected chi connectivity index (χ3v) is 3.80. The Hall–Kier alpha value is -2.14. The number of hydrogen-bond acceptors (Lipinski definition) is 2. The normalized spacial score (nSPS) is 11.1. The molecule has 0 aliphatic rings. The van der Waals surface area contributed by atoms with Crippen LogP contribution in [0.2, 0.25) is 0 Å². The molecular weight excluding hydrogens is 268 g/mol. The van der Waals surface area contributed by atoms with Gasteiger partial charge in [-0.25, -0.2) is 4.98 Å². The van der Waals surface area contributed by atoms with Gasteiger partial charge >= 0.3 is 0 Å². The molecule has 0 bridgehead atoms. The summed E-state index contributed by atoms with van der Waals surface area (Å²) in [4.78, 5) is 4.68. The molecule has 0 saturated heterocycles. The molecule has 2 N–H and O–H groups in total. The fourth-order valence-electron chi connectivity index (χ4n) is 2.49. The lowest BCUT2D eigenvalue weighted by Crippen LogP contribution is -2.10. The van der Waals surface area contributed by atoms with Gasteiger partial charge in [0.15, 0.2) is 0 Å². The Morgan fingerprint density at radius 2 is 2.00 bits per heavy atom. The van der Waals surface area contributed by atoms with Crippen LogP contribution in [0.1, 0.15) is 11.4 Å². The molecule has 0 atom stereocenters. The van der Waals surface area contributed by atoms with Gasteiger partial charge in [0, 0.05) is 48.1 Å². The molecule has 1 aromatic carbocycles. The molecule has 0 aliphatic carbocycles. The van der Waals surface area contributed by atoms with Gasteiger partial charge in [0.2, 0.25) is 0 Å². The molecule has 2 heterocycles. The fourth-order valence-corrected chi connectivity index (χ4v) is 2.67. The van der Waals surface area contributed by atoms with E-state index >= 15 is 0 Å². The minimum Gasteiger partial charge on any atom is -0.389 e. The first-order chi connectivity index (χ1) is 9.66. The molecule has 3 aromatic rings.